The van der Waals surface area contributed by atoms with Gasteiger partial charge in [0.2, 0.25) is 10.0 Å². The Hall–Kier alpha value is -1.60. The molecule has 2 heterocycles. The standard InChI is InChI=1S/C18H26N2O4S/c1-24-16-9-8-15(18(21)19-10-4-2-5-11-19)14-17(16)25(22,23)20-12-6-3-7-13-20/h8-9,14H,2-7,10-13H2,1H3. The van der Waals surface area contributed by atoms with Gasteiger partial charge in [0, 0.05) is 31.7 Å². The number of sulfonamides is 1. The monoisotopic (exact) mass is 366 g/mol. The summed E-state index contributed by atoms with van der Waals surface area (Å²) >= 11 is 0. The van der Waals surface area contributed by atoms with E-state index < -0.39 is 10.0 Å². The van der Waals surface area contributed by atoms with Crippen LogP contribution in [0.15, 0.2) is 23.1 Å². The molecule has 0 N–H and O–H groups in total. The zero-order valence-corrected chi connectivity index (χ0v) is 15.6. The summed E-state index contributed by atoms with van der Waals surface area (Å²) in [7, 11) is -2.20. The van der Waals surface area contributed by atoms with Gasteiger partial charge in [0.1, 0.15) is 10.6 Å². The maximum absolute atomic E-state index is 13.0. The molecule has 1 aromatic carbocycles. The molecule has 0 aliphatic carbocycles. The zero-order valence-electron chi connectivity index (χ0n) is 14.7. The van der Waals surface area contributed by atoms with E-state index in [1.807, 2.05) is 4.90 Å². The van der Waals surface area contributed by atoms with Gasteiger partial charge in [-0.2, -0.15) is 4.31 Å². The molecule has 1 amide bonds. The number of ether oxygens (including phenoxy) is 1. The van der Waals surface area contributed by atoms with E-state index in [-0.39, 0.29) is 10.8 Å². The Morgan fingerprint density at radius 2 is 1.56 bits per heavy atom. The molecule has 2 aliphatic heterocycles. The molecule has 0 aromatic heterocycles. The molecule has 3 rings (SSSR count). The van der Waals surface area contributed by atoms with Gasteiger partial charge in [-0.05, 0) is 50.3 Å². The quantitative estimate of drug-likeness (QED) is 0.821. The number of hydrogen-bond acceptors (Lipinski definition) is 4. The molecule has 0 atom stereocenters. The highest BCUT2D eigenvalue weighted by atomic mass is 32.2. The van der Waals surface area contributed by atoms with Crippen LogP contribution in [0.5, 0.6) is 5.75 Å². The largest absolute Gasteiger partial charge is 0.495 e. The van der Waals surface area contributed by atoms with Crippen molar-refractivity contribution in [3.63, 3.8) is 0 Å². The highest BCUT2D eigenvalue weighted by Crippen LogP contribution is 2.30. The van der Waals surface area contributed by atoms with Crippen LogP contribution in [-0.4, -0.2) is 56.8 Å². The van der Waals surface area contributed by atoms with E-state index in [2.05, 4.69) is 0 Å². The van der Waals surface area contributed by atoms with E-state index in [0.717, 1.165) is 51.6 Å². The second-order valence-corrected chi connectivity index (χ2v) is 8.59. The van der Waals surface area contributed by atoms with Gasteiger partial charge in [0.05, 0.1) is 7.11 Å². The molecule has 2 fully saturated rings. The summed E-state index contributed by atoms with van der Waals surface area (Å²) in [5, 5.41) is 0. The minimum absolute atomic E-state index is 0.0970. The van der Waals surface area contributed by atoms with Crippen molar-refractivity contribution in [2.75, 3.05) is 33.3 Å². The minimum atomic E-state index is -3.65. The number of hydrogen-bond donors (Lipinski definition) is 0. The van der Waals surface area contributed by atoms with Gasteiger partial charge in [-0.15, -0.1) is 0 Å². The van der Waals surface area contributed by atoms with Crippen molar-refractivity contribution < 1.29 is 17.9 Å². The Balaban J connectivity index is 1.93. The van der Waals surface area contributed by atoms with Gasteiger partial charge in [-0.3, -0.25) is 4.79 Å². The second-order valence-electron chi connectivity index (χ2n) is 6.68. The average molecular weight is 366 g/mol. The first-order chi connectivity index (χ1) is 12.0. The van der Waals surface area contributed by atoms with E-state index in [0.29, 0.717) is 24.4 Å². The molecule has 138 valence electrons. The van der Waals surface area contributed by atoms with Gasteiger partial charge in [0.25, 0.3) is 5.91 Å². The van der Waals surface area contributed by atoms with Crippen molar-refractivity contribution in [2.45, 2.75) is 43.4 Å². The van der Waals surface area contributed by atoms with E-state index in [1.54, 1.807) is 12.1 Å². The molecule has 1 aromatic rings. The number of nitrogens with zero attached hydrogens (tertiary/aromatic N) is 2. The van der Waals surface area contributed by atoms with Crippen molar-refractivity contribution >= 4 is 15.9 Å². The molecule has 2 aliphatic rings. The molecule has 2 saturated heterocycles. The van der Waals surface area contributed by atoms with Gasteiger partial charge in [0.15, 0.2) is 0 Å². The molecular formula is C18H26N2O4S. The number of piperidine rings is 2. The summed E-state index contributed by atoms with van der Waals surface area (Å²) < 4.78 is 32.9. The number of methoxy groups -OCH3 is 1. The number of likely N-dealkylation sites (tertiary alicyclic amines) is 1. The van der Waals surface area contributed by atoms with Crippen LogP contribution in [0.25, 0.3) is 0 Å². The lowest BCUT2D eigenvalue weighted by Crippen LogP contribution is -2.37. The van der Waals surface area contributed by atoms with Crippen molar-refractivity contribution in [1.29, 1.82) is 0 Å². The predicted octanol–water partition coefficient (Wildman–Crippen LogP) is 2.50. The fourth-order valence-electron chi connectivity index (χ4n) is 3.54. The van der Waals surface area contributed by atoms with Crippen LogP contribution in [0.1, 0.15) is 48.9 Å². The molecule has 6 nitrogen and oxygen atoms in total. The number of carbonyl (C=O) groups excluding carboxylic acids is 1. The fourth-order valence-corrected chi connectivity index (χ4v) is 5.23. The van der Waals surface area contributed by atoms with Crippen LogP contribution in [0.2, 0.25) is 0 Å². The highest BCUT2D eigenvalue weighted by Gasteiger charge is 2.30. The Kier molecular flexibility index (Phi) is 5.64. The summed E-state index contributed by atoms with van der Waals surface area (Å²) in [4.78, 5) is 14.6. The first-order valence-electron chi connectivity index (χ1n) is 9.01. The summed E-state index contributed by atoms with van der Waals surface area (Å²) in [6.45, 7) is 2.52. The van der Waals surface area contributed by atoms with E-state index in [4.69, 9.17) is 4.74 Å². The molecule has 0 spiro atoms. The van der Waals surface area contributed by atoms with Crippen molar-refractivity contribution in [1.82, 2.24) is 9.21 Å². The number of amides is 1. The van der Waals surface area contributed by atoms with Gasteiger partial charge >= 0.3 is 0 Å². The maximum Gasteiger partial charge on any atom is 0.253 e. The molecular weight excluding hydrogens is 340 g/mol. The lowest BCUT2D eigenvalue weighted by molar-refractivity contribution is 0.0724. The SMILES string of the molecule is COc1ccc(C(=O)N2CCCCC2)cc1S(=O)(=O)N1CCCCC1. The number of rotatable bonds is 4. The van der Waals surface area contributed by atoms with Gasteiger partial charge in [-0.1, -0.05) is 6.42 Å². The molecule has 0 radical (unpaired) electrons. The normalized spacial score (nSPS) is 19.6. The zero-order chi connectivity index (χ0) is 17.9. The van der Waals surface area contributed by atoms with Crippen LogP contribution in [0.3, 0.4) is 0 Å². The summed E-state index contributed by atoms with van der Waals surface area (Å²) in [5.41, 5.74) is 0.415. The third-order valence-electron chi connectivity index (χ3n) is 4.99. The van der Waals surface area contributed by atoms with Crippen molar-refractivity contribution in [2.24, 2.45) is 0 Å². The van der Waals surface area contributed by atoms with Crippen LogP contribution in [0.4, 0.5) is 0 Å². The van der Waals surface area contributed by atoms with Gasteiger partial charge < -0.3 is 9.64 Å². The molecule has 0 saturated carbocycles. The Labute approximate surface area is 149 Å². The Morgan fingerprint density at radius 1 is 0.960 bits per heavy atom. The topological polar surface area (TPSA) is 66.9 Å². The number of carbonyl (C=O) groups is 1. The van der Waals surface area contributed by atoms with Crippen LogP contribution < -0.4 is 4.74 Å². The summed E-state index contributed by atoms with van der Waals surface area (Å²) in [5.74, 6) is 0.193. The average Bonchev–Trinajstić information content (AvgIpc) is 2.68. The third-order valence-corrected chi connectivity index (χ3v) is 6.91. The molecule has 0 unspecified atom stereocenters. The van der Waals surface area contributed by atoms with Crippen LogP contribution in [-0.2, 0) is 10.0 Å². The minimum Gasteiger partial charge on any atom is -0.495 e. The smallest absolute Gasteiger partial charge is 0.253 e. The van der Waals surface area contributed by atoms with E-state index >= 15 is 0 Å². The second kappa shape index (κ2) is 7.74. The van der Waals surface area contributed by atoms with Crippen LogP contribution >= 0.6 is 0 Å². The molecule has 0 bridgehead atoms. The summed E-state index contributed by atoms with van der Waals surface area (Å²) in [6.07, 6.45) is 5.93. The first-order valence-corrected chi connectivity index (χ1v) is 10.5. The van der Waals surface area contributed by atoms with Crippen molar-refractivity contribution in [3.05, 3.63) is 23.8 Å². The first kappa shape index (κ1) is 18.2. The fraction of sp³-hybridized carbons (Fsp3) is 0.611. The Morgan fingerprint density at radius 3 is 2.16 bits per heavy atom. The maximum atomic E-state index is 13.0. The third kappa shape index (κ3) is 3.82. The lowest BCUT2D eigenvalue weighted by Gasteiger charge is -2.28. The van der Waals surface area contributed by atoms with Crippen molar-refractivity contribution in [3.8, 4) is 5.75 Å². The lowest BCUT2D eigenvalue weighted by atomic mass is 10.1. The van der Waals surface area contributed by atoms with Crippen LogP contribution in [0, 0.1) is 0 Å². The molecule has 25 heavy (non-hydrogen) atoms. The molecule has 7 heteroatoms. The van der Waals surface area contributed by atoms with E-state index in [9.17, 15) is 13.2 Å². The predicted molar refractivity (Wildman–Crippen MR) is 95.4 cm³/mol. The Bertz CT molecular complexity index is 721. The highest BCUT2D eigenvalue weighted by molar-refractivity contribution is 7.89. The number of benzene rings is 1. The summed E-state index contributed by atoms with van der Waals surface area (Å²) in [6, 6.07) is 4.73. The van der Waals surface area contributed by atoms with Gasteiger partial charge in [-0.25, -0.2) is 8.42 Å². The van der Waals surface area contributed by atoms with E-state index in [1.165, 1.54) is 17.5 Å².